The van der Waals surface area contributed by atoms with E-state index in [-0.39, 0.29) is 5.41 Å². The van der Waals surface area contributed by atoms with E-state index in [2.05, 4.69) is 61.2 Å². The summed E-state index contributed by atoms with van der Waals surface area (Å²) in [5, 5.41) is 8.67. The maximum atomic E-state index is 4.56. The molecule has 5 rings (SSSR count). The van der Waals surface area contributed by atoms with E-state index in [4.69, 9.17) is 0 Å². The van der Waals surface area contributed by atoms with Gasteiger partial charge in [-0.1, -0.05) is 26.8 Å². The Balaban J connectivity index is 1.25. The Morgan fingerprint density at radius 3 is 2.54 bits per heavy atom. The predicted molar refractivity (Wildman–Crippen MR) is 108 cm³/mol. The van der Waals surface area contributed by atoms with Crippen LogP contribution < -0.4 is 4.90 Å². The van der Waals surface area contributed by atoms with Crippen LogP contribution in [-0.2, 0) is 12.0 Å². The van der Waals surface area contributed by atoms with Crippen LogP contribution in [0.1, 0.15) is 32.3 Å². The van der Waals surface area contributed by atoms with E-state index < -0.39 is 0 Å². The first-order chi connectivity index (χ1) is 13.5. The van der Waals surface area contributed by atoms with Gasteiger partial charge in [0.15, 0.2) is 11.5 Å². The number of nitrogens with zero attached hydrogens (tertiary/aromatic N) is 7. The lowest BCUT2D eigenvalue weighted by Gasteiger charge is -2.24. The van der Waals surface area contributed by atoms with Gasteiger partial charge in [-0.3, -0.25) is 9.30 Å². The lowest BCUT2D eigenvalue weighted by atomic mass is 9.92. The molecule has 0 spiro atoms. The zero-order valence-electron chi connectivity index (χ0n) is 16.8. The number of fused-ring (bicyclic) bond motifs is 2. The topological polar surface area (TPSA) is 62.5 Å². The van der Waals surface area contributed by atoms with E-state index in [1.165, 1.54) is 0 Å². The molecule has 0 aromatic carbocycles. The molecule has 2 aliphatic rings. The highest BCUT2D eigenvalue weighted by Gasteiger charge is 2.40. The van der Waals surface area contributed by atoms with Crippen LogP contribution in [0.5, 0.6) is 0 Å². The first-order valence-corrected chi connectivity index (χ1v) is 10.1. The summed E-state index contributed by atoms with van der Waals surface area (Å²) < 4.78 is 2.09. The molecule has 3 aromatic rings. The molecule has 5 heterocycles. The smallest absolute Gasteiger partial charge is 0.160 e. The number of hydrogen-bond acceptors (Lipinski definition) is 6. The molecular formula is C21H27N7. The van der Waals surface area contributed by atoms with E-state index in [1.54, 1.807) is 6.33 Å². The van der Waals surface area contributed by atoms with E-state index in [9.17, 15) is 0 Å². The third-order valence-corrected chi connectivity index (χ3v) is 6.06. The van der Waals surface area contributed by atoms with E-state index in [0.29, 0.717) is 11.8 Å². The zero-order valence-corrected chi connectivity index (χ0v) is 16.8. The molecule has 7 heteroatoms. The normalized spacial score (nSPS) is 22.9. The van der Waals surface area contributed by atoms with Gasteiger partial charge in [0.05, 0.1) is 12.2 Å². The number of rotatable bonds is 3. The summed E-state index contributed by atoms with van der Waals surface area (Å²) >= 11 is 0. The van der Waals surface area contributed by atoms with Crippen molar-refractivity contribution in [2.45, 2.75) is 32.7 Å². The third-order valence-electron chi connectivity index (χ3n) is 6.06. The summed E-state index contributed by atoms with van der Waals surface area (Å²) in [5.74, 6) is 3.47. The van der Waals surface area contributed by atoms with Crippen LogP contribution in [0.25, 0.3) is 5.65 Å². The molecule has 0 radical (unpaired) electrons. The zero-order chi connectivity index (χ0) is 19.3. The second-order valence-corrected chi connectivity index (χ2v) is 9.18. The van der Waals surface area contributed by atoms with Crippen molar-refractivity contribution in [1.82, 2.24) is 29.5 Å². The SMILES string of the molecule is CC(C)(C)c1cc(N2CC3CN(Cc4nnc5ccccn45)CC3C2)ncn1. The standard InChI is InChI=1S/C21H27N7/c1-21(2,3)17-8-19(23-14-22-17)27-11-15-9-26(10-16(15)12-27)13-20-25-24-18-6-4-5-7-28(18)20/h4-8,14-16H,9-13H2,1-3H3. The summed E-state index contributed by atoms with van der Waals surface area (Å²) in [5.41, 5.74) is 2.07. The predicted octanol–water partition coefficient (Wildman–Crippen LogP) is 2.39. The van der Waals surface area contributed by atoms with Gasteiger partial charge >= 0.3 is 0 Å². The van der Waals surface area contributed by atoms with Gasteiger partial charge in [0.2, 0.25) is 0 Å². The van der Waals surface area contributed by atoms with Crippen molar-refractivity contribution in [1.29, 1.82) is 0 Å². The first kappa shape index (κ1) is 17.6. The minimum absolute atomic E-state index is 0.0467. The molecule has 2 saturated heterocycles. The monoisotopic (exact) mass is 377 g/mol. The molecule has 2 fully saturated rings. The fourth-order valence-corrected chi connectivity index (χ4v) is 4.54. The van der Waals surface area contributed by atoms with Crippen molar-refractivity contribution in [3.05, 3.63) is 48.3 Å². The number of anilines is 1. The molecule has 2 atom stereocenters. The molecule has 7 nitrogen and oxygen atoms in total. The highest BCUT2D eigenvalue weighted by atomic mass is 15.3. The first-order valence-electron chi connectivity index (χ1n) is 10.1. The van der Waals surface area contributed by atoms with E-state index in [0.717, 1.165) is 55.7 Å². The molecule has 146 valence electrons. The van der Waals surface area contributed by atoms with E-state index >= 15 is 0 Å². The van der Waals surface area contributed by atoms with E-state index in [1.807, 2.05) is 24.4 Å². The van der Waals surface area contributed by atoms with Gasteiger partial charge in [0, 0.05) is 43.9 Å². The van der Waals surface area contributed by atoms with Crippen molar-refractivity contribution in [2.24, 2.45) is 11.8 Å². The average Bonchev–Trinajstić information content (AvgIpc) is 3.35. The highest BCUT2D eigenvalue weighted by Crippen LogP contribution is 2.34. The second-order valence-electron chi connectivity index (χ2n) is 9.18. The van der Waals surface area contributed by atoms with Gasteiger partial charge in [-0.05, 0) is 24.0 Å². The summed E-state index contributed by atoms with van der Waals surface area (Å²) in [6.45, 7) is 11.8. The molecule has 2 unspecified atom stereocenters. The van der Waals surface area contributed by atoms with Gasteiger partial charge < -0.3 is 4.90 Å². The fourth-order valence-electron chi connectivity index (χ4n) is 4.54. The Bertz CT molecular complexity index is 976. The molecule has 0 bridgehead atoms. The largest absolute Gasteiger partial charge is 0.356 e. The Morgan fingerprint density at radius 1 is 1.00 bits per heavy atom. The van der Waals surface area contributed by atoms with Crippen LogP contribution in [0.4, 0.5) is 5.82 Å². The van der Waals surface area contributed by atoms with Gasteiger partial charge in [0.25, 0.3) is 0 Å². The fraction of sp³-hybridized carbons (Fsp3) is 0.524. The summed E-state index contributed by atoms with van der Waals surface area (Å²) in [6, 6.07) is 8.20. The van der Waals surface area contributed by atoms with Crippen LogP contribution in [0.2, 0.25) is 0 Å². The number of aromatic nitrogens is 5. The van der Waals surface area contributed by atoms with Gasteiger partial charge in [0.1, 0.15) is 12.1 Å². The highest BCUT2D eigenvalue weighted by molar-refractivity contribution is 5.42. The number of pyridine rings is 1. The summed E-state index contributed by atoms with van der Waals surface area (Å²) in [7, 11) is 0. The molecule has 0 aliphatic carbocycles. The van der Waals surface area contributed by atoms with Crippen LogP contribution in [0.3, 0.4) is 0 Å². The Kier molecular flexibility index (Phi) is 4.08. The minimum atomic E-state index is 0.0467. The molecule has 28 heavy (non-hydrogen) atoms. The third kappa shape index (κ3) is 3.13. The lowest BCUT2D eigenvalue weighted by Crippen LogP contribution is -2.30. The van der Waals surface area contributed by atoms with Crippen LogP contribution in [0.15, 0.2) is 36.8 Å². The Morgan fingerprint density at radius 2 is 1.79 bits per heavy atom. The lowest BCUT2D eigenvalue weighted by molar-refractivity contribution is 0.300. The van der Waals surface area contributed by atoms with Gasteiger partial charge in [-0.25, -0.2) is 9.97 Å². The van der Waals surface area contributed by atoms with Crippen molar-refractivity contribution in [2.75, 3.05) is 31.1 Å². The summed E-state index contributed by atoms with van der Waals surface area (Å²) in [6.07, 6.45) is 3.76. The second kappa shape index (κ2) is 6.51. The molecule has 2 aliphatic heterocycles. The van der Waals surface area contributed by atoms with Crippen LogP contribution >= 0.6 is 0 Å². The molecule has 3 aromatic heterocycles. The maximum absolute atomic E-state index is 4.56. The molecule has 0 amide bonds. The minimum Gasteiger partial charge on any atom is -0.356 e. The molecule has 0 saturated carbocycles. The average molecular weight is 377 g/mol. The molecule has 0 N–H and O–H groups in total. The quantitative estimate of drug-likeness (QED) is 0.698. The van der Waals surface area contributed by atoms with Crippen molar-refractivity contribution >= 4 is 11.5 Å². The molecular weight excluding hydrogens is 350 g/mol. The van der Waals surface area contributed by atoms with Gasteiger partial charge in [-0.2, -0.15) is 0 Å². The van der Waals surface area contributed by atoms with Gasteiger partial charge in [-0.15, -0.1) is 10.2 Å². The Hall–Kier alpha value is -2.54. The Labute approximate surface area is 165 Å². The number of hydrogen-bond donors (Lipinski definition) is 0. The van der Waals surface area contributed by atoms with Crippen molar-refractivity contribution in [3.8, 4) is 0 Å². The van der Waals surface area contributed by atoms with Crippen LogP contribution in [-0.4, -0.2) is 55.6 Å². The summed E-state index contributed by atoms with van der Waals surface area (Å²) in [4.78, 5) is 14.0. The maximum Gasteiger partial charge on any atom is 0.160 e. The van der Waals surface area contributed by atoms with Crippen molar-refractivity contribution < 1.29 is 0 Å². The number of likely N-dealkylation sites (tertiary alicyclic amines) is 1. The van der Waals surface area contributed by atoms with Crippen molar-refractivity contribution in [3.63, 3.8) is 0 Å². The van der Waals surface area contributed by atoms with Crippen LogP contribution in [0, 0.1) is 11.8 Å².